The van der Waals surface area contributed by atoms with E-state index >= 15 is 0 Å². The molecule has 0 aliphatic rings. The molecule has 0 spiro atoms. The molecule has 0 aliphatic carbocycles. The lowest BCUT2D eigenvalue weighted by atomic mass is 10.1. The number of aryl methyl sites for hydroxylation is 2. The number of para-hydroxylation sites is 2. The highest BCUT2D eigenvalue weighted by Gasteiger charge is 2.17. The monoisotopic (exact) mass is 287 g/mol. The summed E-state index contributed by atoms with van der Waals surface area (Å²) in [4.78, 5) is 12.2. The summed E-state index contributed by atoms with van der Waals surface area (Å²) in [5, 5.41) is 2.83. The van der Waals surface area contributed by atoms with Crippen molar-refractivity contribution in [2.75, 3.05) is 5.32 Å². The van der Waals surface area contributed by atoms with Gasteiger partial charge in [-0.05, 0) is 44.0 Å². The molecule has 21 heavy (non-hydrogen) atoms. The average Bonchev–Trinajstić information content (AvgIpc) is 2.45. The van der Waals surface area contributed by atoms with E-state index in [0.29, 0.717) is 0 Å². The zero-order valence-corrected chi connectivity index (χ0v) is 12.3. The Morgan fingerprint density at radius 3 is 2.33 bits per heavy atom. The molecule has 0 unspecified atom stereocenters. The predicted octanol–water partition coefficient (Wildman–Crippen LogP) is 3.85. The number of carbonyl (C=O) groups excluding carboxylic acids is 1. The number of hydrogen-bond acceptors (Lipinski definition) is 2. The number of amides is 1. The Labute approximate surface area is 123 Å². The van der Waals surface area contributed by atoms with Crippen LogP contribution in [0, 0.1) is 19.7 Å². The van der Waals surface area contributed by atoms with E-state index in [-0.39, 0.29) is 11.7 Å². The second-order valence-electron chi connectivity index (χ2n) is 4.95. The molecule has 4 heteroatoms. The van der Waals surface area contributed by atoms with Gasteiger partial charge in [0.2, 0.25) is 0 Å². The first-order valence-electron chi connectivity index (χ1n) is 6.77. The van der Waals surface area contributed by atoms with Crippen molar-refractivity contribution in [3.63, 3.8) is 0 Å². The number of rotatable bonds is 4. The third-order valence-corrected chi connectivity index (χ3v) is 3.24. The maximum Gasteiger partial charge on any atom is 0.265 e. The molecule has 110 valence electrons. The summed E-state index contributed by atoms with van der Waals surface area (Å²) >= 11 is 0. The lowest BCUT2D eigenvalue weighted by Gasteiger charge is -2.17. The summed E-state index contributed by atoms with van der Waals surface area (Å²) in [5.74, 6) is -0.721. The van der Waals surface area contributed by atoms with Crippen molar-refractivity contribution >= 4 is 11.6 Å². The van der Waals surface area contributed by atoms with Gasteiger partial charge in [0, 0.05) is 5.69 Å². The van der Waals surface area contributed by atoms with Crippen LogP contribution in [-0.4, -0.2) is 12.0 Å². The summed E-state index contributed by atoms with van der Waals surface area (Å²) in [7, 11) is 0. The van der Waals surface area contributed by atoms with Crippen LogP contribution in [0.2, 0.25) is 0 Å². The van der Waals surface area contributed by atoms with Gasteiger partial charge in [-0.1, -0.05) is 30.3 Å². The first kappa shape index (κ1) is 15.0. The lowest BCUT2D eigenvalue weighted by Crippen LogP contribution is -2.30. The van der Waals surface area contributed by atoms with Gasteiger partial charge in [0.05, 0.1) is 0 Å². The van der Waals surface area contributed by atoms with Gasteiger partial charge < -0.3 is 10.1 Å². The number of carbonyl (C=O) groups is 1. The normalized spacial score (nSPS) is 11.8. The Hall–Kier alpha value is -2.36. The molecular formula is C17H18FNO2. The van der Waals surface area contributed by atoms with E-state index in [1.165, 1.54) is 12.1 Å². The molecule has 1 amide bonds. The van der Waals surface area contributed by atoms with Gasteiger partial charge in [-0.3, -0.25) is 4.79 Å². The number of ether oxygens (including phenoxy) is 1. The lowest BCUT2D eigenvalue weighted by molar-refractivity contribution is -0.122. The quantitative estimate of drug-likeness (QED) is 0.927. The Morgan fingerprint density at radius 1 is 1.10 bits per heavy atom. The molecule has 0 saturated carbocycles. The van der Waals surface area contributed by atoms with Gasteiger partial charge in [-0.25, -0.2) is 4.39 Å². The molecule has 0 aliphatic heterocycles. The molecule has 0 fully saturated rings. The maximum absolute atomic E-state index is 13.5. The summed E-state index contributed by atoms with van der Waals surface area (Å²) < 4.78 is 18.9. The van der Waals surface area contributed by atoms with Gasteiger partial charge in [-0.2, -0.15) is 0 Å². The largest absolute Gasteiger partial charge is 0.478 e. The van der Waals surface area contributed by atoms with Gasteiger partial charge in [0.15, 0.2) is 17.7 Å². The fourth-order valence-electron chi connectivity index (χ4n) is 2.02. The minimum absolute atomic E-state index is 0.0710. The van der Waals surface area contributed by atoms with Gasteiger partial charge in [0.25, 0.3) is 5.91 Å². The van der Waals surface area contributed by atoms with Crippen LogP contribution in [0.1, 0.15) is 18.1 Å². The second kappa shape index (κ2) is 6.39. The number of anilines is 1. The Kier molecular flexibility index (Phi) is 4.58. The SMILES string of the molecule is Cc1cccc(C)c1NC(=O)[C@H](C)Oc1ccccc1F. The topological polar surface area (TPSA) is 38.3 Å². The minimum Gasteiger partial charge on any atom is -0.478 e. The van der Waals surface area contributed by atoms with Crippen molar-refractivity contribution in [3.8, 4) is 5.75 Å². The summed E-state index contributed by atoms with van der Waals surface area (Å²) in [6, 6.07) is 11.8. The third kappa shape index (κ3) is 3.60. The van der Waals surface area contributed by atoms with E-state index in [1.54, 1.807) is 19.1 Å². The number of nitrogens with one attached hydrogen (secondary N) is 1. The minimum atomic E-state index is -0.791. The summed E-state index contributed by atoms with van der Waals surface area (Å²) in [5.41, 5.74) is 2.72. The third-order valence-electron chi connectivity index (χ3n) is 3.24. The van der Waals surface area contributed by atoms with Crippen LogP contribution in [0.25, 0.3) is 0 Å². The van der Waals surface area contributed by atoms with Crippen LogP contribution < -0.4 is 10.1 Å². The average molecular weight is 287 g/mol. The first-order valence-corrected chi connectivity index (χ1v) is 6.77. The van der Waals surface area contributed by atoms with E-state index in [0.717, 1.165) is 16.8 Å². The van der Waals surface area contributed by atoms with E-state index in [2.05, 4.69) is 5.32 Å². The van der Waals surface area contributed by atoms with Crippen LogP contribution in [0.3, 0.4) is 0 Å². The molecule has 0 radical (unpaired) electrons. The molecule has 3 nitrogen and oxygen atoms in total. The highest BCUT2D eigenvalue weighted by molar-refractivity contribution is 5.95. The smallest absolute Gasteiger partial charge is 0.265 e. The summed E-state index contributed by atoms with van der Waals surface area (Å²) in [6.45, 7) is 5.44. The van der Waals surface area contributed by atoms with Crippen LogP contribution in [0.15, 0.2) is 42.5 Å². The number of benzene rings is 2. The highest BCUT2D eigenvalue weighted by atomic mass is 19.1. The van der Waals surface area contributed by atoms with Crippen LogP contribution in [0.5, 0.6) is 5.75 Å². The molecule has 0 aromatic heterocycles. The van der Waals surface area contributed by atoms with E-state index in [4.69, 9.17) is 4.74 Å². The van der Waals surface area contributed by atoms with E-state index < -0.39 is 11.9 Å². The first-order chi connectivity index (χ1) is 9.99. The molecule has 1 atom stereocenters. The number of halogens is 1. The van der Waals surface area contributed by atoms with Crippen molar-refractivity contribution in [1.82, 2.24) is 0 Å². The Bertz CT molecular complexity index is 635. The zero-order valence-electron chi connectivity index (χ0n) is 12.3. The Morgan fingerprint density at radius 2 is 1.71 bits per heavy atom. The highest BCUT2D eigenvalue weighted by Crippen LogP contribution is 2.21. The van der Waals surface area contributed by atoms with Crippen molar-refractivity contribution in [2.24, 2.45) is 0 Å². The fourth-order valence-corrected chi connectivity index (χ4v) is 2.02. The van der Waals surface area contributed by atoms with Crippen molar-refractivity contribution in [1.29, 1.82) is 0 Å². The Balaban J connectivity index is 2.08. The molecule has 0 saturated heterocycles. The van der Waals surface area contributed by atoms with Crippen molar-refractivity contribution in [3.05, 3.63) is 59.4 Å². The molecule has 2 aromatic rings. The maximum atomic E-state index is 13.5. The van der Waals surface area contributed by atoms with Crippen LogP contribution in [-0.2, 0) is 4.79 Å². The molecule has 0 bridgehead atoms. The molecule has 0 heterocycles. The molecule has 2 aromatic carbocycles. The van der Waals surface area contributed by atoms with Crippen LogP contribution in [0.4, 0.5) is 10.1 Å². The number of hydrogen-bond donors (Lipinski definition) is 1. The van der Waals surface area contributed by atoms with Crippen molar-refractivity contribution in [2.45, 2.75) is 26.9 Å². The van der Waals surface area contributed by atoms with E-state index in [1.807, 2.05) is 32.0 Å². The van der Waals surface area contributed by atoms with Gasteiger partial charge in [-0.15, -0.1) is 0 Å². The van der Waals surface area contributed by atoms with E-state index in [9.17, 15) is 9.18 Å². The van der Waals surface area contributed by atoms with Crippen molar-refractivity contribution < 1.29 is 13.9 Å². The van der Waals surface area contributed by atoms with Crippen LogP contribution >= 0.6 is 0 Å². The summed E-state index contributed by atoms with van der Waals surface area (Å²) in [6.07, 6.45) is -0.791. The molecule has 1 N–H and O–H groups in total. The zero-order chi connectivity index (χ0) is 15.4. The molecule has 2 rings (SSSR count). The fraction of sp³-hybridized carbons (Fsp3) is 0.235. The van der Waals surface area contributed by atoms with Gasteiger partial charge in [0.1, 0.15) is 0 Å². The van der Waals surface area contributed by atoms with Gasteiger partial charge >= 0.3 is 0 Å². The second-order valence-corrected chi connectivity index (χ2v) is 4.95. The standard InChI is InChI=1S/C17H18FNO2/c1-11-7-6-8-12(2)16(11)19-17(20)13(3)21-15-10-5-4-9-14(15)18/h4-10,13H,1-3H3,(H,19,20)/t13-/m0/s1. The molecular weight excluding hydrogens is 269 g/mol. The predicted molar refractivity (Wildman–Crippen MR) is 81.0 cm³/mol.